The maximum atomic E-state index is 10.8. The minimum Gasteiger partial charge on any atom is -0.493 e. The number of Topliss-reactive ketones (excluding diaryl/α,β-unsaturated/α-hetero) is 1. The number of allylic oxidation sites excluding steroid dienone is 1. The van der Waals surface area contributed by atoms with Gasteiger partial charge in [-0.2, -0.15) is 0 Å². The lowest BCUT2D eigenvalue weighted by Crippen LogP contribution is -2.01. The van der Waals surface area contributed by atoms with Gasteiger partial charge in [0, 0.05) is 6.42 Å². The van der Waals surface area contributed by atoms with Gasteiger partial charge in [-0.05, 0) is 38.0 Å². The zero-order valence-electron chi connectivity index (χ0n) is 11.2. The highest BCUT2D eigenvalue weighted by Gasteiger charge is 2.04. The maximum Gasteiger partial charge on any atom is 0.161 e. The molecule has 0 radical (unpaired) electrons. The Kier molecular flexibility index (Phi) is 5.98. The Morgan fingerprint density at radius 3 is 2.72 bits per heavy atom. The van der Waals surface area contributed by atoms with E-state index in [2.05, 4.69) is 0 Å². The van der Waals surface area contributed by atoms with Crippen LogP contribution in [0.4, 0.5) is 0 Å². The number of ether oxygens (including phenoxy) is 2. The molecule has 1 rings (SSSR count). The average molecular weight is 248 g/mol. The molecule has 0 saturated heterocycles. The third-order valence-electron chi connectivity index (χ3n) is 2.48. The first-order valence-corrected chi connectivity index (χ1v) is 6.10. The second-order valence-corrected chi connectivity index (χ2v) is 4.06. The molecule has 0 aliphatic rings. The molecule has 1 aromatic carbocycles. The quantitative estimate of drug-likeness (QED) is 0.693. The Morgan fingerprint density at radius 1 is 1.33 bits per heavy atom. The molecule has 0 atom stereocenters. The number of methoxy groups -OCH3 is 1. The minimum atomic E-state index is 0.189. The molecule has 0 amide bonds. The Morgan fingerprint density at radius 2 is 2.11 bits per heavy atom. The van der Waals surface area contributed by atoms with Gasteiger partial charge in [0.05, 0.1) is 13.7 Å². The van der Waals surface area contributed by atoms with E-state index in [4.69, 9.17) is 9.47 Å². The van der Waals surface area contributed by atoms with Gasteiger partial charge in [-0.1, -0.05) is 18.2 Å². The van der Waals surface area contributed by atoms with Crippen molar-refractivity contribution in [1.82, 2.24) is 0 Å². The van der Waals surface area contributed by atoms with Gasteiger partial charge in [0.25, 0.3) is 0 Å². The number of rotatable bonds is 7. The van der Waals surface area contributed by atoms with Gasteiger partial charge in [-0.15, -0.1) is 0 Å². The lowest BCUT2D eigenvalue weighted by molar-refractivity contribution is -0.117. The SMILES string of the molecule is CC=Cc1ccc(OCCCC(C)=O)c(OC)c1. The van der Waals surface area contributed by atoms with Crippen molar-refractivity contribution in [2.45, 2.75) is 26.7 Å². The summed E-state index contributed by atoms with van der Waals surface area (Å²) in [5.74, 6) is 1.62. The van der Waals surface area contributed by atoms with Gasteiger partial charge >= 0.3 is 0 Å². The molecule has 0 saturated carbocycles. The number of carbonyl (C=O) groups is 1. The fourth-order valence-electron chi connectivity index (χ4n) is 1.60. The highest BCUT2D eigenvalue weighted by molar-refractivity contribution is 5.75. The lowest BCUT2D eigenvalue weighted by atomic mass is 10.2. The highest BCUT2D eigenvalue weighted by Crippen LogP contribution is 2.28. The highest BCUT2D eigenvalue weighted by atomic mass is 16.5. The van der Waals surface area contributed by atoms with Crippen molar-refractivity contribution in [2.75, 3.05) is 13.7 Å². The molecule has 0 spiro atoms. The zero-order chi connectivity index (χ0) is 13.4. The topological polar surface area (TPSA) is 35.5 Å². The molecule has 0 aliphatic carbocycles. The average Bonchev–Trinajstić information content (AvgIpc) is 2.35. The van der Waals surface area contributed by atoms with E-state index in [1.807, 2.05) is 37.3 Å². The molecule has 98 valence electrons. The fourth-order valence-corrected chi connectivity index (χ4v) is 1.60. The van der Waals surface area contributed by atoms with Crippen LogP contribution in [0.15, 0.2) is 24.3 Å². The van der Waals surface area contributed by atoms with Gasteiger partial charge < -0.3 is 14.3 Å². The van der Waals surface area contributed by atoms with Gasteiger partial charge in [0.2, 0.25) is 0 Å². The van der Waals surface area contributed by atoms with E-state index in [1.165, 1.54) is 0 Å². The Labute approximate surface area is 108 Å². The molecular weight excluding hydrogens is 228 g/mol. The lowest BCUT2D eigenvalue weighted by Gasteiger charge is -2.11. The Hall–Kier alpha value is -1.77. The molecule has 0 N–H and O–H groups in total. The van der Waals surface area contributed by atoms with Crippen LogP contribution in [0.1, 0.15) is 32.3 Å². The van der Waals surface area contributed by atoms with Crippen LogP contribution in [-0.4, -0.2) is 19.5 Å². The summed E-state index contributed by atoms with van der Waals surface area (Å²) in [6.07, 6.45) is 5.26. The Bertz CT molecular complexity index is 422. The van der Waals surface area contributed by atoms with Crippen molar-refractivity contribution < 1.29 is 14.3 Å². The number of ketones is 1. The molecule has 0 fully saturated rings. The first-order chi connectivity index (χ1) is 8.67. The van der Waals surface area contributed by atoms with E-state index in [1.54, 1.807) is 14.0 Å². The summed E-state index contributed by atoms with van der Waals surface area (Å²) in [6, 6.07) is 5.80. The van der Waals surface area contributed by atoms with Crippen LogP contribution in [-0.2, 0) is 4.79 Å². The summed E-state index contributed by atoms with van der Waals surface area (Å²) in [6.45, 7) is 4.09. The van der Waals surface area contributed by atoms with Crippen LogP contribution in [0.3, 0.4) is 0 Å². The molecule has 0 unspecified atom stereocenters. The predicted octanol–water partition coefficient (Wildman–Crippen LogP) is 3.48. The number of benzene rings is 1. The largest absolute Gasteiger partial charge is 0.493 e. The van der Waals surface area contributed by atoms with E-state index in [9.17, 15) is 4.79 Å². The van der Waals surface area contributed by atoms with Crippen molar-refractivity contribution in [3.63, 3.8) is 0 Å². The van der Waals surface area contributed by atoms with E-state index in [0.717, 1.165) is 12.0 Å². The van der Waals surface area contributed by atoms with E-state index < -0.39 is 0 Å². The summed E-state index contributed by atoms with van der Waals surface area (Å²) in [5.41, 5.74) is 1.07. The van der Waals surface area contributed by atoms with Crippen LogP contribution in [0.2, 0.25) is 0 Å². The standard InChI is InChI=1S/C15H20O3/c1-4-6-13-8-9-14(15(11-13)17-3)18-10-5-7-12(2)16/h4,6,8-9,11H,5,7,10H2,1-3H3. The van der Waals surface area contributed by atoms with Crippen LogP contribution in [0, 0.1) is 0 Å². The first kappa shape index (κ1) is 14.3. The molecule has 1 aromatic rings. The minimum absolute atomic E-state index is 0.189. The third-order valence-corrected chi connectivity index (χ3v) is 2.48. The summed E-state index contributed by atoms with van der Waals surface area (Å²) in [4.78, 5) is 10.8. The summed E-state index contributed by atoms with van der Waals surface area (Å²) in [7, 11) is 1.62. The summed E-state index contributed by atoms with van der Waals surface area (Å²) < 4.78 is 10.9. The van der Waals surface area contributed by atoms with Gasteiger partial charge in [0.15, 0.2) is 11.5 Å². The van der Waals surface area contributed by atoms with Crippen LogP contribution < -0.4 is 9.47 Å². The van der Waals surface area contributed by atoms with Crippen LogP contribution in [0.5, 0.6) is 11.5 Å². The molecule has 3 nitrogen and oxygen atoms in total. The molecule has 0 aliphatic heterocycles. The monoisotopic (exact) mass is 248 g/mol. The fraction of sp³-hybridized carbons (Fsp3) is 0.400. The van der Waals surface area contributed by atoms with Crippen molar-refractivity contribution >= 4 is 11.9 Å². The van der Waals surface area contributed by atoms with Gasteiger partial charge in [-0.25, -0.2) is 0 Å². The Balaban J connectivity index is 2.62. The molecular formula is C15H20O3. The van der Waals surface area contributed by atoms with E-state index in [-0.39, 0.29) is 5.78 Å². The second kappa shape index (κ2) is 7.54. The van der Waals surface area contributed by atoms with Crippen molar-refractivity contribution in [1.29, 1.82) is 0 Å². The first-order valence-electron chi connectivity index (χ1n) is 6.10. The zero-order valence-corrected chi connectivity index (χ0v) is 11.2. The van der Waals surface area contributed by atoms with Gasteiger partial charge in [-0.3, -0.25) is 0 Å². The molecule has 0 aromatic heterocycles. The number of carbonyl (C=O) groups excluding carboxylic acids is 1. The van der Waals surface area contributed by atoms with Crippen molar-refractivity contribution in [2.24, 2.45) is 0 Å². The summed E-state index contributed by atoms with van der Waals surface area (Å²) in [5, 5.41) is 0. The van der Waals surface area contributed by atoms with E-state index in [0.29, 0.717) is 24.5 Å². The normalized spacial score (nSPS) is 10.6. The second-order valence-electron chi connectivity index (χ2n) is 4.06. The molecule has 0 heterocycles. The van der Waals surface area contributed by atoms with Crippen molar-refractivity contribution in [3.8, 4) is 11.5 Å². The molecule has 18 heavy (non-hydrogen) atoms. The third kappa shape index (κ3) is 4.62. The van der Waals surface area contributed by atoms with Gasteiger partial charge in [0.1, 0.15) is 5.78 Å². The van der Waals surface area contributed by atoms with Crippen LogP contribution in [0.25, 0.3) is 6.08 Å². The van der Waals surface area contributed by atoms with Crippen molar-refractivity contribution in [3.05, 3.63) is 29.8 Å². The molecule has 0 bridgehead atoms. The predicted molar refractivity (Wildman–Crippen MR) is 73.1 cm³/mol. The smallest absolute Gasteiger partial charge is 0.161 e. The molecule has 3 heteroatoms. The van der Waals surface area contributed by atoms with Crippen LogP contribution >= 0.6 is 0 Å². The van der Waals surface area contributed by atoms with E-state index >= 15 is 0 Å². The maximum absolute atomic E-state index is 10.8. The number of hydrogen-bond donors (Lipinski definition) is 0. The number of hydrogen-bond acceptors (Lipinski definition) is 3. The summed E-state index contributed by atoms with van der Waals surface area (Å²) >= 11 is 0.